The van der Waals surface area contributed by atoms with Gasteiger partial charge in [-0.05, 0) is 38.8 Å². The minimum atomic E-state index is -4.39. The number of aromatic nitrogens is 2. The molecule has 0 bridgehead atoms. The summed E-state index contributed by atoms with van der Waals surface area (Å²) < 4.78 is 42.2. The van der Waals surface area contributed by atoms with Gasteiger partial charge < -0.3 is 20.9 Å². The number of amides is 1. The Hall–Kier alpha value is -2.39. The number of imidazole rings is 1. The molecule has 0 saturated carbocycles. The highest BCUT2D eigenvalue weighted by molar-refractivity contribution is 5.93. The van der Waals surface area contributed by atoms with Crippen LogP contribution in [0.4, 0.5) is 19.0 Å². The highest BCUT2D eigenvalue weighted by atomic mass is 19.4. The molecule has 2 atom stereocenters. The second-order valence-electron chi connectivity index (χ2n) is 7.95. The maximum Gasteiger partial charge on any atom is 0.407 e. The van der Waals surface area contributed by atoms with Crippen molar-refractivity contribution in [3.8, 4) is 0 Å². The van der Waals surface area contributed by atoms with Crippen molar-refractivity contribution >= 4 is 11.7 Å². The Morgan fingerprint density at radius 1 is 1.23 bits per heavy atom. The molecule has 1 aromatic carbocycles. The standard InChI is InChI=1S/C21H30F3N5O/c1-4-8-16(25)19(30)28-17-13-29(14-27-17)20(2,3)11-12-26-18(21(22,23)24)15-9-6-5-7-10-15/h5-7,9-10,13-14,16,18,26H,4,8,11-12,25H2,1-3H3,(H,28,30). The molecule has 0 aliphatic carbocycles. The van der Waals surface area contributed by atoms with Crippen molar-refractivity contribution in [3.63, 3.8) is 0 Å². The van der Waals surface area contributed by atoms with Gasteiger partial charge in [-0.3, -0.25) is 4.79 Å². The van der Waals surface area contributed by atoms with Gasteiger partial charge in [-0.1, -0.05) is 43.7 Å². The monoisotopic (exact) mass is 425 g/mol. The van der Waals surface area contributed by atoms with E-state index in [1.165, 1.54) is 12.1 Å². The van der Waals surface area contributed by atoms with Gasteiger partial charge in [-0.15, -0.1) is 0 Å². The molecule has 0 fully saturated rings. The van der Waals surface area contributed by atoms with Gasteiger partial charge in [0.1, 0.15) is 6.04 Å². The number of benzene rings is 1. The highest BCUT2D eigenvalue weighted by Gasteiger charge is 2.40. The predicted octanol–water partition coefficient (Wildman–Crippen LogP) is 3.97. The van der Waals surface area contributed by atoms with E-state index in [0.717, 1.165) is 6.42 Å². The Kier molecular flexibility index (Phi) is 8.03. The molecule has 1 aromatic heterocycles. The van der Waals surface area contributed by atoms with Gasteiger partial charge in [-0.25, -0.2) is 4.98 Å². The average Bonchev–Trinajstić information content (AvgIpc) is 3.14. The number of anilines is 1. The lowest BCUT2D eigenvalue weighted by Crippen LogP contribution is -2.37. The highest BCUT2D eigenvalue weighted by Crippen LogP contribution is 2.33. The second kappa shape index (κ2) is 10.1. The van der Waals surface area contributed by atoms with Crippen LogP contribution in [0, 0.1) is 0 Å². The van der Waals surface area contributed by atoms with E-state index in [4.69, 9.17) is 5.73 Å². The molecular weight excluding hydrogens is 395 g/mol. The van der Waals surface area contributed by atoms with E-state index in [9.17, 15) is 18.0 Å². The molecular formula is C21H30F3N5O. The van der Waals surface area contributed by atoms with Crippen LogP contribution in [0.15, 0.2) is 42.9 Å². The van der Waals surface area contributed by atoms with Crippen LogP contribution in [-0.4, -0.2) is 34.2 Å². The lowest BCUT2D eigenvalue weighted by Gasteiger charge is -2.29. The molecule has 0 spiro atoms. The van der Waals surface area contributed by atoms with Crippen LogP contribution in [0.1, 0.15) is 51.6 Å². The number of nitrogens with two attached hydrogens (primary N) is 1. The van der Waals surface area contributed by atoms with E-state index < -0.39 is 23.8 Å². The molecule has 2 unspecified atom stereocenters. The third kappa shape index (κ3) is 6.56. The normalized spacial score (nSPS) is 14.4. The van der Waals surface area contributed by atoms with Crippen molar-refractivity contribution in [3.05, 3.63) is 48.4 Å². The Bertz CT molecular complexity index is 804. The Morgan fingerprint density at radius 3 is 2.50 bits per heavy atom. The van der Waals surface area contributed by atoms with Crippen molar-refractivity contribution in [2.75, 3.05) is 11.9 Å². The molecule has 1 heterocycles. The fourth-order valence-corrected chi connectivity index (χ4v) is 3.10. The number of hydrogen-bond donors (Lipinski definition) is 3. The quantitative estimate of drug-likeness (QED) is 0.538. The van der Waals surface area contributed by atoms with Crippen LogP contribution in [0.2, 0.25) is 0 Å². The summed E-state index contributed by atoms with van der Waals surface area (Å²) in [6.45, 7) is 5.89. The van der Waals surface area contributed by atoms with Crippen LogP contribution in [0.3, 0.4) is 0 Å². The number of carbonyl (C=O) groups excluding carboxylic acids is 1. The van der Waals surface area contributed by atoms with Crippen LogP contribution < -0.4 is 16.4 Å². The molecule has 0 aliphatic rings. The fraction of sp³-hybridized carbons (Fsp3) is 0.524. The Morgan fingerprint density at radius 2 is 1.90 bits per heavy atom. The van der Waals surface area contributed by atoms with E-state index in [-0.39, 0.29) is 18.0 Å². The lowest BCUT2D eigenvalue weighted by atomic mass is 9.99. The van der Waals surface area contributed by atoms with Gasteiger partial charge in [0, 0.05) is 11.7 Å². The zero-order valence-corrected chi connectivity index (χ0v) is 17.5. The van der Waals surface area contributed by atoms with Gasteiger partial charge in [0.15, 0.2) is 5.82 Å². The smallest absolute Gasteiger partial charge is 0.330 e. The van der Waals surface area contributed by atoms with E-state index >= 15 is 0 Å². The molecule has 9 heteroatoms. The number of nitrogens with zero attached hydrogens (tertiary/aromatic N) is 2. The number of halogens is 3. The van der Waals surface area contributed by atoms with E-state index in [1.807, 2.05) is 20.8 Å². The summed E-state index contributed by atoms with van der Waals surface area (Å²) in [7, 11) is 0. The number of carbonyl (C=O) groups is 1. The van der Waals surface area contributed by atoms with E-state index in [1.54, 1.807) is 35.3 Å². The summed E-state index contributed by atoms with van der Waals surface area (Å²) in [6.07, 6.45) is 0.617. The Labute approximate surface area is 175 Å². The van der Waals surface area contributed by atoms with Crippen LogP contribution in [0.25, 0.3) is 0 Å². The first-order valence-electron chi connectivity index (χ1n) is 10.0. The molecule has 0 radical (unpaired) electrons. The molecule has 6 nitrogen and oxygen atoms in total. The van der Waals surface area contributed by atoms with E-state index in [0.29, 0.717) is 18.7 Å². The van der Waals surface area contributed by atoms with Gasteiger partial charge in [0.2, 0.25) is 5.91 Å². The molecule has 0 aliphatic heterocycles. The molecule has 1 amide bonds. The van der Waals surface area contributed by atoms with Crippen molar-refractivity contribution in [1.82, 2.24) is 14.9 Å². The van der Waals surface area contributed by atoms with Gasteiger partial charge in [0.25, 0.3) is 0 Å². The first kappa shape index (κ1) is 23.9. The second-order valence-corrected chi connectivity index (χ2v) is 7.95. The molecule has 2 rings (SSSR count). The number of alkyl halides is 3. The van der Waals surface area contributed by atoms with Crippen molar-refractivity contribution in [1.29, 1.82) is 0 Å². The van der Waals surface area contributed by atoms with Crippen molar-refractivity contribution in [2.45, 2.75) is 63.8 Å². The predicted molar refractivity (Wildman–Crippen MR) is 111 cm³/mol. The largest absolute Gasteiger partial charge is 0.407 e. The zero-order chi connectivity index (χ0) is 22.4. The summed E-state index contributed by atoms with van der Waals surface area (Å²) >= 11 is 0. The molecule has 30 heavy (non-hydrogen) atoms. The summed E-state index contributed by atoms with van der Waals surface area (Å²) in [6, 6.07) is 5.46. The third-order valence-electron chi connectivity index (χ3n) is 5.01. The fourth-order valence-electron chi connectivity index (χ4n) is 3.10. The first-order valence-corrected chi connectivity index (χ1v) is 10.0. The van der Waals surface area contributed by atoms with Gasteiger partial charge in [-0.2, -0.15) is 13.2 Å². The minimum absolute atomic E-state index is 0.146. The van der Waals surface area contributed by atoms with E-state index in [2.05, 4.69) is 15.6 Å². The maximum absolute atomic E-state index is 13.5. The lowest BCUT2D eigenvalue weighted by molar-refractivity contribution is -0.157. The zero-order valence-electron chi connectivity index (χ0n) is 17.5. The first-order chi connectivity index (χ1) is 14.0. The van der Waals surface area contributed by atoms with Crippen molar-refractivity contribution < 1.29 is 18.0 Å². The van der Waals surface area contributed by atoms with Crippen LogP contribution in [0.5, 0.6) is 0 Å². The van der Waals surface area contributed by atoms with Crippen molar-refractivity contribution in [2.24, 2.45) is 5.73 Å². The minimum Gasteiger partial charge on any atom is -0.330 e. The van der Waals surface area contributed by atoms with Gasteiger partial charge >= 0.3 is 6.18 Å². The maximum atomic E-state index is 13.5. The summed E-state index contributed by atoms with van der Waals surface area (Å²) in [5.74, 6) is 0.0579. The van der Waals surface area contributed by atoms with Gasteiger partial charge in [0.05, 0.1) is 12.4 Å². The Balaban J connectivity index is 1.98. The number of hydrogen-bond acceptors (Lipinski definition) is 4. The summed E-state index contributed by atoms with van der Waals surface area (Å²) in [4.78, 5) is 16.2. The summed E-state index contributed by atoms with van der Waals surface area (Å²) in [5.41, 5.74) is 5.47. The molecule has 166 valence electrons. The third-order valence-corrected chi connectivity index (χ3v) is 5.01. The topological polar surface area (TPSA) is 85.0 Å². The van der Waals surface area contributed by atoms with Crippen LogP contribution >= 0.6 is 0 Å². The summed E-state index contributed by atoms with van der Waals surface area (Å²) in [5, 5.41) is 5.30. The van der Waals surface area contributed by atoms with Crippen LogP contribution in [-0.2, 0) is 10.3 Å². The molecule has 0 saturated heterocycles. The molecule has 4 N–H and O–H groups in total. The number of nitrogens with one attached hydrogen (secondary N) is 2. The average molecular weight is 425 g/mol. The SMILES string of the molecule is CCCC(N)C(=O)Nc1cn(C(C)(C)CCNC(c2ccccc2)C(F)(F)F)cn1. The number of rotatable bonds is 10. The molecule has 2 aromatic rings.